The summed E-state index contributed by atoms with van der Waals surface area (Å²) < 4.78 is 12.8. The molecule has 1 unspecified atom stereocenters. The zero-order valence-electron chi connectivity index (χ0n) is 17.7. The molecule has 30 heavy (non-hydrogen) atoms. The van der Waals surface area contributed by atoms with Crippen molar-refractivity contribution >= 4 is 11.6 Å². The van der Waals surface area contributed by atoms with Gasteiger partial charge in [0.25, 0.3) is 0 Å². The van der Waals surface area contributed by atoms with Crippen molar-refractivity contribution in [1.29, 1.82) is 0 Å². The third-order valence-electron chi connectivity index (χ3n) is 5.64. The predicted molar refractivity (Wildman–Crippen MR) is 116 cm³/mol. The number of imidazole rings is 1. The number of hydrogen-bond acceptors (Lipinski definition) is 5. The number of methoxy groups -OCH3 is 2. The lowest BCUT2D eigenvalue weighted by Crippen LogP contribution is -2.39. The number of aromatic nitrogens is 2. The van der Waals surface area contributed by atoms with Gasteiger partial charge in [-0.1, -0.05) is 5.57 Å². The van der Waals surface area contributed by atoms with Crippen molar-refractivity contribution < 1.29 is 14.3 Å². The van der Waals surface area contributed by atoms with Gasteiger partial charge in [-0.3, -0.25) is 4.79 Å². The molecule has 1 N–H and O–H groups in total. The highest BCUT2D eigenvalue weighted by Crippen LogP contribution is 2.31. The van der Waals surface area contributed by atoms with Crippen molar-refractivity contribution in [1.82, 2.24) is 14.9 Å². The van der Waals surface area contributed by atoms with Crippen LogP contribution in [0.15, 0.2) is 54.2 Å². The third-order valence-corrected chi connectivity index (χ3v) is 5.64. The number of rotatable bonds is 7. The van der Waals surface area contributed by atoms with Crippen molar-refractivity contribution in [3.05, 3.63) is 59.9 Å². The maximum Gasteiger partial charge on any atom is 0.244 e. The predicted octanol–water partition coefficient (Wildman–Crippen LogP) is 3.13. The van der Waals surface area contributed by atoms with Gasteiger partial charge in [-0.15, -0.1) is 0 Å². The number of carbonyl (C=O) groups excluding carboxylic acids is 1. The number of ether oxygens (including phenoxy) is 2. The van der Waals surface area contributed by atoms with Crippen molar-refractivity contribution in [3.8, 4) is 11.4 Å². The van der Waals surface area contributed by atoms with Crippen LogP contribution in [-0.4, -0.2) is 48.8 Å². The molecular weight excluding hydrogens is 380 g/mol. The minimum Gasteiger partial charge on any atom is -0.497 e. The Hall–Kier alpha value is -3.06. The molecule has 1 fully saturated rings. The van der Waals surface area contributed by atoms with Gasteiger partial charge in [-0.2, -0.15) is 0 Å². The number of carbonyl (C=O) groups is 1. The van der Waals surface area contributed by atoms with E-state index in [1.54, 1.807) is 20.5 Å². The normalized spacial score (nSPS) is 19.0. The molecule has 0 bridgehead atoms. The van der Waals surface area contributed by atoms with Gasteiger partial charge in [0, 0.05) is 31.0 Å². The SMILES string of the molecule is COC1=CCCC(CNC2CCN(c3ccc(-n4cnc(C)c4)c(OC)c3)C2=O)=C1. The Morgan fingerprint density at radius 1 is 1.27 bits per heavy atom. The fourth-order valence-electron chi connectivity index (χ4n) is 3.99. The molecule has 1 atom stereocenters. The van der Waals surface area contributed by atoms with E-state index >= 15 is 0 Å². The first-order valence-electron chi connectivity index (χ1n) is 10.3. The van der Waals surface area contributed by atoms with Gasteiger partial charge in [0.15, 0.2) is 0 Å². The molecule has 1 aliphatic heterocycles. The molecule has 158 valence electrons. The number of hydrogen-bond donors (Lipinski definition) is 1. The fourth-order valence-corrected chi connectivity index (χ4v) is 3.99. The van der Waals surface area contributed by atoms with E-state index in [4.69, 9.17) is 9.47 Å². The maximum atomic E-state index is 13.0. The molecule has 1 aromatic heterocycles. The van der Waals surface area contributed by atoms with Gasteiger partial charge in [-0.05, 0) is 50.5 Å². The summed E-state index contributed by atoms with van der Waals surface area (Å²) in [6.07, 6.45) is 10.6. The monoisotopic (exact) mass is 408 g/mol. The van der Waals surface area contributed by atoms with Crippen molar-refractivity contribution in [3.63, 3.8) is 0 Å². The van der Waals surface area contributed by atoms with E-state index in [-0.39, 0.29) is 11.9 Å². The van der Waals surface area contributed by atoms with E-state index in [0.29, 0.717) is 18.8 Å². The summed E-state index contributed by atoms with van der Waals surface area (Å²) in [7, 11) is 3.33. The van der Waals surface area contributed by atoms with Crippen LogP contribution in [0.2, 0.25) is 0 Å². The van der Waals surface area contributed by atoms with E-state index in [1.807, 2.05) is 40.8 Å². The standard InChI is InChI=1S/C23H28N4O3/c1-16-14-26(15-25-16)21-8-7-18(12-22(21)30-3)27-10-9-20(23(27)28)24-13-17-5-4-6-19(11-17)29-2/h6-8,11-12,14-15,20,24H,4-5,9-10,13H2,1-3H3. The Morgan fingerprint density at radius 2 is 2.13 bits per heavy atom. The highest BCUT2D eigenvalue weighted by molar-refractivity contribution is 5.99. The van der Waals surface area contributed by atoms with Crippen molar-refractivity contribution in [2.45, 2.75) is 32.2 Å². The van der Waals surface area contributed by atoms with E-state index in [1.165, 1.54) is 5.57 Å². The molecule has 1 saturated heterocycles. The van der Waals surface area contributed by atoms with Crippen LogP contribution in [0.1, 0.15) is 25.0 Å². The van der Waals surface area contributed by atoms with Crippen molar-refractivity contribution in [2.75, 3.05) is 32.2 Å². The Labute approximate surface area is 177 Å². The first-order valence-corrected chi connectivity index (χ1v) is 10.3. The molecule has 1 aromatic carbocycles. The minimum atomic E-state index is -0.176. The summed E-state index contributed by atoms with van der Waals surface area (Å²) in [5, 5.41) is 3.43. The zero-order valence-corrected chi connectivity index (χ0v) is 17.7. The number of aryl methyl sites for hydroxylation is 1. The van der Waals surface area contributed by atoms with E-state index < -0.39 is 0 Å². The molecule has 2 heterocycles. The second-order valence-electron chi connectivity index (χ2n) is 7.64. The van der Waals surface area contributed by atoms with E-state index in [2.05, 4.69) is 22.5 Å². The highest BCUT2D eigenvalue weighted by Gasteiger charge is 2.32. The first-order chi connectivity index (χ1) is 14.6. The molecule has 0 saturated carbocycles. The average molecular weight is 409 g/mol. The van der Waals surface area contributed by atoms with Crippen LogP contribution in [0.25, 0.3) is 5.69 Å². The average Bonchev–Trinajstić information content (AvgIpc) is 3.37. The quantitative estimate of drug-likeness (QED) is 0.762. The third kappa shape index (κ3) is 4.11. The number of amides is 1. The van der Waals surface area contributed by atoms with Crippen LogP contribution in [0.5, 0.6) is 5.75 Å². The topological polar surface area (TPSA) is 68.6 Å². The Balaban J connectivity index is 1.44. The molecule has 1 amide bonds. The number of benzene rings is 1. The van der Waals surface area contributed by atoms with E-state index in [9.17, 15) is 4.79 Å². The summed E-state index contributed by atoms with van der Waals surface area (Å²) in [5.74, 6) is 1.71. The highest BCUT2D eigenvalue weighted by atomic mass is 16.5. The summed E-state index contributed by atoms with van der Waals surface area (Å²) in [6, 6.07) is 5.68. The van der Waals surface area contributed by atoms with Crippen LogP contribution in [0.3, 0.4) is 0 Å². The van der Waals surface area contributed by atoms with Gasteiger partial charge >= 0.3 is 0 Å². The lowest BCUT2D eigenvalue weighted by molar-refractivity contribution is -0.118. The summed E-state index contributed by atoms with van der Waals surface area (Å²) >= 11 is 0. The van der Waals surface area contributed by atoms with Gasteiger partial charge in [-0.25, -0.2) is 4.98 Å². The van der Waals surface area contributed by atoms with Crippen LogP contribution in [0.4, 0.5) is 5.69 Å². The lowest BCUT2D eigenvalue weighted by Gasteiger charge is -2.20. The minimum absolute atomic E-state index is 0.0993. The molecule has 7 nitrogen and oxygen atoms in total. The summed E-state index contributed by atoms with van der Waals surface area (Å²) in [6.45, 7) is 3.34. The fraction of sp³-hybridized carbons (Fsp3) is 0.391. The molecular formula is C23H28N4O3. The van der Waals surface area contributed by atoms with Crippen LogP contribution in [-0.2, 0) is 9.53 Å². The van der Waals surface area contributed by atoms with Gasteiger partial charge in [0.2, 0.25) is 5.91 Å². The molecule has 0 radical (unpaired) electrons. The maximum absolute atomic E-state index is 13.0. The zero-order chi connectivity index (χ0) is 21.1. The van der Waals surface area contributed by atoms with Crippen molar-refractivity contribution in [2.24, 2.45) is 0 Å². The second kappa shape index (κ2) is 8.75. The summed E-state index contributed by atoms with van der Waals surface area (Å²) in [4.78, 5) is 19.1. The molecule has 0 spiro atoms. The number of nitrogens with one attached hydrogen (secondary N) is 1. The molecule has 7 heteroatoms. The Bertz CT molecular complexity index is 992. The Kier molecular flexibility index (Phi) is 5.90. The molecule has 1 aliphatic carbocycles. The van der Waals surface area contributed by atoms with Gasteiger partial charge in [0.1, 0.15) is 11.5 Å². The Morgan fingerprint density at radius 3 is 2.87 bits per heavy atom. The van der Waals surface area contributed by atoms with Gasteiger partial charge < -0.3 is 24.3 Å². The molecule has 2 aromatic rings. The largest absolute Gasteiger partial charge is 0.497 e. The van der Waals surface area contributed by atoms with Crippen LogP contribution in [0, 0.1) is 6.92 Å². The second-order valence-corrected chi connectivity index (χ2v) is 7.64. The van der Waals surface area contributed by atoms with Crippen LogP contribution >= 0.6 is 0 Å². The molecule has 4 rings (SSSR count). The number of anilines is 1. The lowest BCUT2D eigenvalue weighted by atomic mass is 10.0. The van der Waals surface area contributed by atoms with Crippen LogP contribution < -0.4 is 15.0 Å². The number of allylic oxidation sites excluding steroid dienone is 2. The van der Waals surface area contributed by atoms with Gasteiger partial charge in [0.05, 0.1) is 38.0 Å². The smallest absolute Gasteiger partial charge is 0.244 e. The number of nitrogens with zero attached hydrogens (tertiary/aromatic N) is 3. The molecule has 2 aliphatic rings. The summed E-state index contributed by atoms with van der Waals surface area (Å²) in [5.41, 5.74) is 3.95. The van der Waals surface area contributed by atoms with E-state index in [0.717, 1.165) is 42.1 Å². The first kappa shape index (κ1) is 20.2.